The van der Waals surface area contributed by atoms with E-state index in [0.29, 0.717) is 12.6 Å². The Hall–Kier alpha value is -1.62. The van der Waals surface area contributed by atoms with Crippen LogP contribution in [0.3, 0.4) is 0 Å². The molecule has 84 valence electrons. The van der Waals surface area contributed by atoms with Crippen LogP contribution in [-0.2, 0) is 0 Å². The van der Waals surface area contributed by atoms with Crippen LogP contribution in [0.15, 0.2) is 12.1 Å². The van der Waals surface area contributed by atoms with Crippen molar-refractivity contribution in [3.05, 3.63) is 17.8 Å². The van der Waals surface area contributed by atoms with Crippen molar-refractivity contribution < 1.29 is 0 Å². The number of nitrogens with two attached hydrogens (primary N) is 1. The molecule has 1 unspecified atom stereocenters. The Morgan fingerprint density at radius 1 is 1.56 bits per heavy atom. The van der Waals surface area contributed by atoms with Gasteiger partial charge in [-0.15, -0.1) is 0 Å². The molecule has 1 atom stereocenters. The summed E-state index contributed by atoms with van der Waals surface area (Å²) in [7, 11) is 0. The fraction of sp³-hybridized carbons (Fsp3) is 0.455. The molecule has 3 heterocycles. The second kappa shape index (κ2) is 3.45. The first-order chi connectivity index (χ1) is 7.79. The van der Waals surface area contributed by atoms with E-state index in [9.17, 15) is 0 Å². The maximum Gasteiger partial charge on any atom is 0.183 e. The Balaban J connectivity index is 2.24. The molecule has 16 heavy (non-hydrogen) atoms. The number of rotatable bonds is 1. The molecule has 0 aliphatic carbocycles. The van der Waals surface area contributed by atoms with E-state index in [2.05, 4.69) is 21.5 Å². The van der Waals surface area contributed by atoms with Gasteiger partial charge in [0.25, 0.3) is 0 Å². The van der Waals surface area contributed by atoms with Crippen molar-refractivity contribution in [1.82, 2.24) is 14.8 Å². The van der Waals surface area contributed by atoms with Gasteiger partial charge < -0.3 is 11.1 Å². The summed E-state index contributed by atoms with van der Waals surface area (Å²) in [6.45, 7) is 3.56. The molecule has 3 rings (SSSR count). The van der Waals surface area contributed by atoms with Gasteiger partial charge in [0.2, 0.25) is 0 Å². The quantitative estimate of drug-likeness (QED) is 0.749. The number of hydrogen-bond acceptors (Lipinski definition) is 4. The highest BCUT2D eigenvalue weighted by Crippen LogP contribution is 2.29. The molecular formula is C11H15N5. The molecule has 0 saturated heterocycles. The van der Waals surface area contributed by atoms with Gasteiger partial charge in [0.05, 0.1) is 11.4 Å². The summed E-state index contributed by atoms with van der Waals surface area (Å²) in [5, 5.41) is 8.99. The van der Waals surface area contributed by atoms with E-state index in [0.717, 1.165) is 35.5 Å². The molecule has 0 bridgehead atoms. The second-order valence-electron chi connectivity index (χ2n) is 4.22. The topological polar surface area (TPSA) is 68.8 Å². The van der Waals surface area contributed by atoms with Crippen LogP contribution in [0.25, 0.3) is 11.0 Å². The number of aromatic nitrogens is 3. The van der Waals surface area contributed by atoms with Gasteiger partial charge in [-0.3, -0.25) is 0 Å². The van der Waals surface area contributed by atoms with E-state index in [1.54, 1.807) is 0 Å². The molecule has 3 N–H and O–H groups in total. The predicted molar refractivity (Wildman–Crippen MR) is 63.5 cm³/mol. The van der Waals surface area contributed by atoms with E-state index in [1.165, 1.54) is 0 Å². The summed E-state index contributed by atoms with van der Waals surface area (Å²) < 4.78 is 1.99. The van der Waals surface area contributed by atoms with Crippen LogP contribution in [0.1, 0.15) is 18.2 Å². The molecule has 1 aliphatic heterocycles. The molecule has 0 saturated carbocycles. The van der Waals surface area contributed by atoms with Crippen LogP contribution in [-0.4, -0.2) is 27.9 Å². The summed E-state index contributed by atoms with van der Waals surface area (Å²) in [6, 6.07) is 4.38. The summed E-state index contributed by atoms with van der Waals surface area (Å²) >= 11 is 0. The zero-order valence-corrected chi connectivity index (χ0v) is 9.27. The molecule has 0 radical (unpaired) electrons. The lowest BCUT2D eigenvalue weighted by Crippen LogP contribution is -2.28. The van der Waals surface area contributed by atoms with Gasteiger partial charge in [-0.25, -0.2) is 9.67 Å². The number of nitrogens with one attached hydrogen (secondary N) is 1. The summed E-state index contributed by atoms with van der Waals surface area (Å²) in [6.07, 6.45) is 1.02. The average Bonchev–Trinajstić information content (AvgIpc) is 2.65. The van der Waals surface area contributed by atoms with Gasteiger partial charge in [0.15, 0.2) is 5.65 Å². The molecule has 5 heteroatoms. The average molecular weight is 217 g/mol. The van der Waals surface area contributed by atoms with E-state index in [4.69, 9.17) is 5.73 Å². The smallest absolute Gasteiger partial charge is 0.183 e. The molecular weight excluding hydrogens is 202 g/mol. The zero-order valence-electron chi connectivity index (χ0n) is 9.27. The number of fused-ring (bicyclic) bond motifs is 3. The van der Waals surface area contributed by atoms with E-state index >= 15 is 0 Å². The minimum Gasteiger partial charge on any atom is -0.370 e. The molecule has 0 aromatic carbocycles. The fourth-order valence-electron chi connectivity index (χ4n) is 2.22. The second-order valence-corrected chi connectivity index (χ2v) is 4.22. The third-order valence-electron chi connectivity index (χ3n) is 3.09. The lowest BCUT2D eigenvalue weighted by Gasteiger charge is -2.24. The van der Waals surface area contributed by atoms with Crippen molar-refractivity contribution in [2.75, 3.05) is 18.4 Å². The van der Waals surface area contributed by atoms with Crippen molar-refractivity contribution in [2.45, 2.75) is 19.4 Å². The summed E-state index contributed by atoms with van der Waals surface area (Å²) in [4.78, 5) is 4.44. The van der Waals surface area contributed by atoms with Crippen LogP contribution in [0, 0.1) is 6.92 Å². The highest BCUT2D eigenvalue weighted by atomic mass is 15.4. The molecule has 2 aromatic rings. The first-order valence-corrected chi connectivity index (χ1v) is 5.59. The van der Waals surface area contributed by atoms with Gasteiger partial charge in [0, 0.05) is 18.8 Å². The monoisotopic (exact) mass is 217 g/mol. The molecule has 5 nitrogen and oxygen atoms in total. The van der Waals surface area contributed by atoms with Crippen molar-refractivity contribution in [3.8, 4) is 0 Å². The highest BCUT2D eigenvalue weighted by Gasteiger charge is 2.22. The molecule has 0 amide bonds. The van der Waals surface area contributed by atoms with Crippen molar-refractivity contribution in [3.63, 3.8) is 0 Å². The highest BCUT2D eigenvalue weighted by molar-refractivity contribution is 5.87. The Labute approximate surface area is 93.6 Å². The lowest BCUT2D eigenvalue weighted by atomic mass is 10.1. The first-order valence-electron chi connectivity index (χ1n) is 5.59. The van der Waals surface area contributed by atoms with E-state index in [-0.39, 0.29) is 0 Å². The minimum absolute atomic E-state index is 0.297. The van der Waals surface area contributed by atoms with Crippen LogP contribution >= 0.6 is 0 Å². The Morgan fingerprint density at radius 3 is 3.25 bits per heavy atom. The SMILES string of the molecule is Cc1ccc2c3n(nc2n1)C(CN)CCN3. The molecule has 0 fully saturated rings. The Bertz CT molecular complexity index is 530. The molecule has 1 aliphatic rings. The van der Waals surface area contributed by atoms with Crippen LogP contribution in [0.4, 0.5) is 5.82 Å². The summed E-state index contributed by atoms with van der Waals surface area (Å²) in [5.41, 5.74) is 7.56. The predicted octanol–water partition coefficient (Wildman–Crippen LogP) is 1.06. The maximum atomic E-state index is 5.76. The van der Waals surface area contributed by atoms with Gasteiger partial charge in [0.1, 0.15) is 5.82 Å². The summed E-state index contributed by atoms with van der Waals surface area (Å²) in [5.74, 6) is 1.06. The third kappa shape index (κ3) is 1.28. The van der Waals surface area contributed by atoms with Crippen molar-refractivity contribution in [1.29, 1.82) is 0 Å². The minimum atomic E-state index is 0.297. The van der Waals surface area contributed by atoms with Gasteiger partial charge in [-0.2, -0.15) is 5.10 Å². The van der Waals surface area contributed by atoms with E-state index in [1.807, 2.05) is 17.7 Å². The van der Waals surface area contributed by atoms with Crippen molar-refractivity contribution in [2.24, 2.45) is 5.73 Å². The number of anilines is 1. The number of hydrogen-bond donors (Lipinski definition) is 2. The third-order valence-corrected chi connectivity index (χ3v) is 3.09. The van der Waals surface area contributed by atoms with Crippen LogP contribution in [0.5, 0.6) is 0 Å². The largest absolute Gasteiger partial charge is 0.370 e. The molecule has 0 spiro atoms. The van der Waals surface area contributed by atoms with Crippen LogP contribution in [0.2, 0.25) is 0 Å². The number of aryl methyl sites for hydroxylation is 1. The van der Waals surface area contributed by atoms with Gasteiger partial charge in [-0.1, -0.05) is 0 Å². The number of pyridine rings is 1. The first kappa shape index (κ1) is 9.59. The maximum absolute atomic E-state index is 5.76. The standard InChI is InChI=1S/C11H15N5/c1-7-2-3-9-10(14-7)15-16-8(6-12)4-5-13-11(9)16/h2-3,8,13H,4-6,12H2,1H3. The van der Waals surface area contributed by atoms with E-state index < -0.39 is 0 Å². The van der Waals surface area contributed by atoms with Crippen molar-refractivity contribution >= 4 is 16.9 Å². The lowest BCUT2D eigenvalue weighted by molar-refractivity contribution is 0.430. The van der Waals surface area contributed by atoms with Crippen LogP contribution < -0.4 is 11.1 Å². The Kier molecular flexibility index (Phi) is 2.07. The Morgan fingerprint density at radius 2 is 2.44 bits per heavy atom. The number of nitrogens with zero attached hydrogens (tertiary/aromatic N) is 3. The molecule has 2 aromatic heterocycles. The van der Waals surface area contributed by atoms with Gasteiger partial charge >= 0.3 is 0 Å². The van der Waals surface area contributed by atoms with Gasteiger partial charge in [-0.05, 0) is 25.5 Å². The fourth-order valence-corrected chi connectivity index (χ4v) is 2.22. The normalized spacial score (nSPS) is 19.5. The zero-order chi connectivity index (χ0) is 11.1.